The average molecular weight is 393 g/mol. The summed E-state index contributed by atoms with van der Waals surface area (Å²) in [5.74, 6) is 0.918. The van der Waals surface area contributed by atoms with Gasteiger partial charge in [0.2, 0.25) is 0 Å². The molecule has 148 valence electrons. The number of aromatic nitrogens is 3. The van der Waals surface area contributed by atoms with Crippen LogP contribution in [-0.4, -0.2) is 28.3 Å². The topological polar surface area (TPSA) is 69.1 Å². The predicted molar refractivity (Wildman–Crippen MR) is 109 cm³/mol. The molecule has 0 bridgehead atoms. The average Bonchev–Trinajstić information content (AvgIpc) is 3.03. The molecule has 0 aliphatic rings. The highest BCUT2D eigenvalue weighted by Gasteiger charge is 2.13. The van der Waals surface area contributed by atoms with Crippen LogP contribution in [0.5, 0.6) is 11.5 Å². The molecule has 2 heterocycles. The third-order valence-corrected chi connectivity index (χ3v) is 4.66. The maximum Gasteiger partial charge on any atom is 0.327 e. The molecule has 0 radical (unpaired) electrons. The van der Waals surface area contributed by atoms with E-state index in [1.54, 1.807) is 37.6 Å². The summed E-state index contributed by atoms with van der Waals surface area (Å²) in [6, 6.07) is 13.7. The summed E-state index contributed by atoms with van der Waals surface area (Å²) in [7, 11) is 1.58. The quantitative estimate of drug-likeness (QED) is 0.538. The fraction of sp³-hybridized carbons (Fsp3) is 0.182. The van der Waals surface area contributed by atoms with Crippen molar-refractivity contribution in [2.75, 3.05) is 13.7 Å². The van der Waals surface area contributed by atoms with Crippen LogP contribution in [0, 0.1) is 5.82 Å². The monoisotopic (exact) mass is 393 g/mol. The molecule has 7 heteroatoms. The van der Waals surface area contributed by atoms with E-state index in [1.807, 2.05) is 25.1 Å². The first-order valence-corrected chi connectivity index (χ1v) is 9.24. The van der Waals surface area contributed by atoms with E-state index in [0.717, 1.165) is 5.56 Å². The van der Waals surface area contributed by atoms with Gasteiger partial charge in [0, 0.05) is 17.3 Å². The van der Waals surface area contributed by atoms with Gasteiger partial charge in [0.05, 0.1) is 25.8 Å². The van der Waals surface area contributed by atoms with Crippen LogP contribution in [0.25, 0.3) is 22.3 Å². The van der Waals surface area contributed by atoms with E-state index in [0.29, 0.717) is 46.9 Å². The van der Waals surface area contributed by atoms with Crippen LogP contribution in [0.1, 0.15) is 12.5 Å². The second-order valence-corrected chi connectivity index (χ2v) is 6.51. The summed E-state index contributed by atoms with van der Waals surface area (Å²) in [5.41, 5.74) is 2.68. The van der Waals surface area contributed by atoms with Crippen molar-refractivity contribution in [2.24, 2.45) is 0 Å². The first-order valence-electron chi connectivity index (χ1n) is 9.24. The predicted octanol–water partition coefficient (Wildman–Crippen LogP) is 3.99. The molecular weight excluding hydrogens is 373 g/mol. The smallest absolute Gasteiger partial charge is 0.327 e. The van der Waals surface area contributed by atoms with Crippen LogP contribution >= 0.6 is 0 Å². The lowest BCUT2D eigenvalue weighted by molar-refractivity contribution is 0.310. The van der Waals surface area contributed by atoms with Gasteiger partial charge in [-0.2, -0.15) is 0 Å². The highest BCUT2D eigenvalue weighted by atomic mass is 19.1. The number of hydrogen-bond donors (Lipinski definition) is 1. The summed E-state index contributed by atoms with van der Waals surface area (Å²) in [5, 5.41) is 0. The standard InChI is InChI=1S/C22H20FN3O3/c1-3-29-20-10-14(8-9-19(20)28-2)13-26-21-18(25-22(26)27)11-15(12-24-21)16-6-4-5-7-17(16)23/h4-12H,3,13H2,1-2H3,(H,25,27). The van der Waals surface area contributed by atoms with Gasteiger partial charge < -0.3 is 14.5 Å². The Morgan fingerprint density at radius 3 is 2.72 bits per heavy atom. The van der Waals surface area contributed by atoms with E-state index >= 15 is 0 Å². The zero-order valence-electron chi connectivity index (χ0n) is 16.1. The van der Waals surface area contributed by atoms with Crippen LogP contribution in [0.4, 0.5) is 4.39 Å². The Morgan fingerprint density at radius 1 is 1.14 bits per heavy atom. The van der Waals surface area contributed by atoms with Crippen LogP contribution in [-0.2, 0) is 6.54 Å². The van der Waals surface area contributed by atoms with Crippen molar-refractivity contribution in [2.45, 2.75) is 13.5 Å². The highest BCUT2D eigenvalue weighted by molar-refractivity contribution is 5.78. The number of fused-ring (bicyclic) bond motifs is 1. The fourth-order valence-electron chi connectivity index (χ4n) is 3.30. The molecule has 0 saturated carbocycles. The molecule has 0 aliphatic carbocycles. The van der Waals surface area contributed by atoms with Gasteiger partial charge in [0.1, 0.15) is 5.82 Å². The van der Waals surface area contributed by atoms with Crippen molar-refractivity contribution in [1.82, 2.24) is 14.5 Å². The minimum absolute atomic E-state index is 0.285. The molecule has 0 amide bonds. The minimum Gasteiger partial charge on any atom is -0.493 e. The SMILES string of the molecule is CCOc1cc(Cn2c(=O)[nH]c3cc(-c4ccccc4F)cnc32)ccc1OC. The number of imidazole rings is 1. The highest BCUT2D eigenvalue weighted by Crippen LogP contribution is 2.29. The van der Waals surface area contributed by atoms with Crippen molar-refractivity contribution in [3.63, 3.8) is 0 Å². The normalized spacial score (nSPS) is 11.0. The summed E-state index contributed by atoms with van der Waals surface area (Å²) in [6.45, 7) is 2.72. The molecule has 2 aromatic carbocycles. The Hall–Kier alpha value is -3.61. The Bertz CT molecular complexity index is 1230. The third-order valence-electron chi connectivity index (χ3n) is 4.66. The molecule has 0 fully saturated rings. The Labute approximate surface area is 166 Å². The number of halogens is 1. The Balaban J connectivity index is 1.72. The zero-order valence-corrected chi connectivity index (χ0v) is 16.1. The van der Waals surface area contributed by atoms with Gasteiger partial charge in [0.25, 0.3) is 0 Å². The maximum absolute atomic E-state index is 14.1. The Morgan fingerprint density at radius 2 is 1.97 bits per heavy atom. The molecular formula is C22H20FN3O3. The number of nitrogens with zero attached hydrogens (tertiary/aromatic N) is 2. The van der Waals surface area contributed by atoms with Gasteiger partial charge in [-0.05, 0) is 36.8 Å². The number of rotatable bonds is 6. The summed E-state index contributed by atoms with van der Waals surface area (Å²) in [4.78, 5) is 19.8. The maximum atomic E-state index is 14.1. The van der Waals surface area contributed by atoms with E-state index < -0.39 is 0 Å². The first-order chi connectivity index (χ1) is 14.1. The lowest BCUT2D eigenvalue weighted by atomic mass is 10.1. The van der Waals surface area contributed by atoms with Crippen molar-refractivity contribution in [3.8, 4) is 22.6 Å². The van der Waals surface area contributed by atoms with Crippen molar-refractivity contribution in [3.05, 3.63) is 76.6 Å². The van der Waals surface area contributed by atoms with Gasteiger partial charge in [0.15, 0.2) is 17.1 Å². The number of hydrogen-bond acceptors (Lipinski definition) is 4. The number of H-pyrrole nitrogens is 1. The molecule has 2 aromatic heterocycles. The van der Waals surface area contributed by atoms with E-state index in [2.05, 4.69) is 9.97 Å². The number of methoxy groups -OCH3 is 1. The van der Waals surface area contributed by atoms with Gasteiger partial charge in [-0.1, -0.05) is 24.3 Å². The molecule has 0 unspecified atom stereocenters. The summed E-state index contributed by atoms with van der Waals surface area (Å²) < 4.78 is 26.5. The number of nitrogens with one attached hydrogen (secondary N) is 1. The largest absolute Gasteiger partial charge is 0.493 e. The number of aromatic amines is 1. The molecule has 1 N–H and O–H groups in total. The van der Waals surface area contributed by atoms with Gasteiger partial charge in [-0.15, -0.1) is 0 Å². The van der Waals surface area contributed by atoms with E-state index in [-0.39, 0.29) is 11.5 Å². The van der Waals surface area contributed by atoms with Crippen molar-refractivity contribution < 1.29 is 13.9 Å². The Kier molecular flexibility index (Phi) is 5.03. The van der Waals surface area contributed by atoms with E-state index in [4.69, 9.17) is 9.47 Å². The molecule has 0 spiro atoms. The zero-order chi connectivity index (χ0) is 20.4. The molecule has 0 atom stereocenters. The van der Waals surface area contributed by atoms with Gasteiger partial charge in [-0.3, -0.25) is 4.57 Å². The number of benzene rings is 2. The third kappa shape index (κ3) is 3.59. The molecule has 29 heavy (non-hydrogen) atoms. The fourth-order valence-corrected chi connectivity index (χ4v) is 3.30. The molecule has 0 aliphatic heterocycles. The van der Waals surface area contributed by atoms with Crippen LogP contribution in [0.15, 0.2) is 59.5 Å². The molecule has 0 saturated heterocycles. The van der Waals surface area contributed by atoms with Crippen LogP contribution in [0.3, 0.4) is 0 Å². The van der Waals surface area contributed by atoms with E-state index in [9.17, 15) is 9.18 Å². The number of ether oxygens (including phenoxy) is 2. The van der Waals surface area contributed by atoms with Crippen molar-refractivity contribution in [1.29, 1.82) is 0 Å². The van der Waals surface area contributed by atoms with Crippen LogP contribution < -0.4 is 15.2 Å². The number of pyridine rings is 1. The lowest BCUT2D eigenvalue weighted by Crippen LogP contribution is -2.17. The summed E-state index contributed by atoms with van der Waals surface area (Å²) >= 11 is 0. The minimum atomic E-state index is -0.336. The molecule has 6 nitrogen and oxygen atoms in total. The second kappa shape index (κ2) is 7.79. The van der Waals surface area contributed by atoms with Gasteiger partial charge in [-0.25, -0.2) is 14.2 Å². The second-order valence-electron chi connectivity index (χ2n) is 6.51. The molecule has 4 aromatic rings. The first kappa shape index (κ1) is 18.7. The molecule has 4 rings (SSSR count). The van der Waals surface area contributed by atoms with Crippen molar-refractivity contribution >= 4 is 11.2 Å². The van der Waals surface area contributed by atoms with E-state index in [1.165, 1.54) is 10.6 Å². The van der Waals surface area contributed by atoms with Gasteiger partial charge >= 0.3 is 5.69 Å². The summed E-state index contributed by atoms with van der Waals surface area (Å²) in [6.07, 6.45) is 1.57. The van der Waals surface area contributed by atoms with Crippen LogP contribution in [0.2, 0.25) is 0 Å². The lowest BCUT2D eigenvalue weighted by Gasteiger charge is -2.11.